The number of nitrogens with one attached hydrogen (secondary N) is 1. The standard InChI is InChI=1S/C15H14N2O5/c16-13(18)7-1-3-8(4-2-7)17-14(19)11-9-5-6-10(22-9)12(11)15(20)21/h1-6,9-12H,(H2,16,18)(H,17,19)(H,20,21)/t9-,10+,11+,12-/m0/s1. The van der Waals surface area contributed by atoms with Crippen LogP contribution in [0.15, 0.2) is 36.4 Å². The first kappa shape index (κ1) is 14.3. The minimum Gasteiger partial charge on any atom is -0.481 e. The fourth-order valence-corrected chi connectivity index (χ4v) is 2.86. The zero-order valence-electron chi connectivity index (χ0n) is 11.4. The van der Waals surface area contributed by atoms with E-state index in [4.69, 9.17) is 10.5 Å². The molecule has 114 valence electrons. The van der Waals surface area contributed by atoms with Gasteiger partial charge in [0.05, 0.1) is 18.1 Å². The number of primary amides is 1. The summed E-state index contributed by atoms with van der Waals surface area (Å²) < 4.78 is 5.45. The summed E-state index contributed by atoms with van der Waals surface area (Å²) >= 11 is 0. The van der Waals surface area contributed by atoms with E-state index in [0.717, 1.165) is 0 Å². The Hall–Kier alpha value is -2.67. The lowest BCUT2D eigenvalue weighted by Gasteiger charge is -2.21. The van der Waals surface area contributed by atoms with Gasteiger partial charge < -0.3 is 20.9 Å². The van der Waals surface area contributed by atoms with Crippen molar-refractivity contribution in [1.29, 1.82) is 0 Å². The van der Waals surface area contributed by atoms with Crippen molar-refractivity contribution in [1.82, 2.24) is 0 Å². The van der Waals surface area contributed by atoms with E-state index in [9.17, 15) is 19.5 Å². The van der Waals surface area contributed by atoms with Gasteiger partial charge in [0.1, 0.15) is 5.92 Å². The summed E-state index contributed by atoms with van der Waals surface area (Å²) in [5.74, 6) is -3.70. The van der Waals surface area contributed by atoms with Gasteiger partial charge >= 0.3 is 5.97 Å². The van der Waals surface area contributed by atoms with E-state index in [-0.39, 0.29) is 0 Å². The fourth-order valence-electron chi connectivity index (χ4n) is 2.86. The first-order valence-electron chi connectivity index (χ1n) is 6.74. The first-order valence-corrected chi connectivity index (χ1v) is 6.74. The monoisotopic (exact) mass is 302 g/mol. The van der Waals surface area contributed by atoms with Gasteiger partial charge in [-0.1, -0.05) is 12.2 Å². The number of carboxylic acids is 1. The van der Waals surface area contributed by atoms with Crippen molar-refractivity contribution in [2.24, 2.45) is 17.6 Å². The van der Waals surface area contributed by atoms with Crippen LogP contribution in [0.1, 0.15) is 10.4 Å². The molecule has 4 atom stereocenters. The summed E-state index contributed by atoms with van der Waals surface area (Å²) in [6, 6.07) is 6.06. The lowest BCUT2D eigenvalue weighted by Crippen LogP contribution is -2.39. The molecular formula is C15H14N2O5. The van der Waals surface area contributed by atoms with Crippen LogP contribution in [0.4, 0.5) is 5.69 Å². The number of carbonyl (C=O) groups is 3. The molecule has 2 amide bonds. The van der Waals surface area contributed by atoms with Crippen LogP contribution < -0.4 is 11.1 Å². The molecule has 0 aromatic heterocycles. The molecule has 2 heterocycles. The molecule has 1 fully saturated rings. The largest absolute Gasteiger partial charge is 0.481 e. The van der Waals surface area contributed by atoms with E-state index in [1.165, 1.54) is 24.3 Å². The highest BCUT2D eigenvalue weighted by Crippen LogP contribution is 2.39. The highest BCUT2D eigenvalue weighted by Gasteiger charge is 2.53. The van der Waals surface area contributed by atoms with Crippen molar-refractivity contribution in [2.45, 2.75) is 12.2 Å². The van der Waals surface area contributed by atoms with Gasteiger partial charge in [0.2, 0.25) is 11.8 Å². The molecule has 3 rings (SSSR count). The van der Waals surface area contributed by atoms with E-state index in [2.05, 4.69) is 5.32 Å². The minimum atomic E-state index is -1.05. The molecule has 7 nitrogen and oxygen atoms in total. The number of rotatable bonds is 4. The Morgan fingerprint density at radius 2 is 1.64 bits per heavy atom. The molecule has 0 spiro atoms. The lowest BCUT2D eigenvalue weighted by atomic mass is 9.82. The summed E-state index contributed by atoms with van der Waals surface area (Å²) in [5.41, 5.74) is 5.93. The number of hydrogen-bond acceptors (Lipinski definition) is 4. The molecule has 2 bridgehead atoms. The highest BCUT2D eigenvalue weighted by molar-refractivity contribution is 5.97. The van der Waals surface area contributed by atoms with E-state index in [1.54, 1.807) is 12.2 Å². The molecule has 4 N–H and O–H groups in total. The molecule has 2 aliphatic heterocycles. The van der Waals surface area contributed by atoms with Crippen molar-refractivity contribution in [3.63, 3.8) is 0 Å². The maximum atomic E-state index is 12.4. The lowest BCUT2D eigenvalue weighted by molar-refractivity contribution is -0.145. The van der Waals surface area contributed by atoms with Crippen molar-refractivity contribution >= 4 is 23.5 Å². The maximum absolute atomic E-state index is 12.4. The number of amides is 2. The third-order valence-corrected chi connectivity index (χ3v) is 3.92. The fraction of sp³-hybridized carbons (Fsp3) is 0.267. The van der Waals surface area contributed by atoms with Crippen LogP contribution >= 0.6 is 0 Å². The number of hydrogen-bond donors (Lipinski definition) is 3. The van der Waals surface area contributed by atoms with Gasteiger partial charge in [0.25, 0.3) is 0 Å². The van der Waals surface area contributed by atoms with E-state index in [1.807, 2.05) is 0 Å². The molecule has 22 heavy (non-hydrogen) atoms. The predicted molar refractivity (Wildman–Crippen MR) is 76.0 cm³/mol. The van der Waals surface area contributed by atoms with Gasteiger partial charge in [-0.15, -0.1) is 0 Å². The Morgan fingerprint density at radius 1 is 1.05 bits per heavy atom. The van der Waals surface area contributed by atoms with Gasteiger partial charge in [0, 0.05) is 11.3 Å². The predicted octanol–water partition coefficient (Wildman–Crippen LogP) is 0.378. The molecule has 1 aromatic rings. The van der Waals surface area contributed by atoms with Gasteiger partial charge in [-0.3, -0.25) is 14.4 Å². The number of ether oxygens (including phenoxy) is 1. The summed E-state index contributed by atoms with van der Waals surface area (Å²) in [7, 11) is 0. The number of carbonyl (C=O) groups excluding carboxylic acids is 2. The highest BCUT2D eigenvalue weighted by atomic mass is 16.5. The van der Waals surface area contributed by atoms with Crippen molar-refractivity contribution in [3.8, 4) is 0 Å². The summed E-state index contributed by atoms with van der Waals surface area (Å²) in [6.45, 7) is 0. The van der Waals surface area contributed by atoms with Crippen LogP contribution in [-0.4, -0.2) is 35.1 Å². The van der Waals surface area contributed by atoms with E-state index in [0.29, 0.717) is 11.3 Å². The van der Waals surface area contributed by atoms with Crippen LogP contribution in [0.3, 0.4) is 0 Å². The maximum Gasteiger partial charge on any atom is 0.310 e. The number of aliphatic carboxylic acids is 1. The second kappa shape index (κ2) is 5.27. The SMILES string of the molecule is NC(=O)c1ccc(NC(=O)[C@H]2[C@@H](C(=O)O)[C@H]3C=C[C@@H]2O3)cc1. The Morgan fingerprint density at radius 3 is 2.18 bits per heavy atom. The molecule has 0 aliphatic carbocycles. The van der Waals surface area contributed by atoms with Gasteiger partial charge in [0.15, 0.2) is 0 Å². The normalized spacial score (nSPS) is 28.5. The van der Waals surface area contributed by atoms with Crippen molar-refractivity contribution in [2.75, 3.05) is 5.32 Å². The van der Waals surface area contributed by atoms with Crippen LogP contribution in [0.5, 0.6) is 0 Å². The van der Waals surface area contributed by atoms with Crippen LogP contribution in [0.25, 0.3) is 0 Å². The second-order valence-corrected chi connectivity index (χ2v) is 5.27. The summed E-state index contributed by atoms with van der Waals surface area (Å²) in [6.07, 6.45) is 2.31. The molecule has 1 saturated heterocycles. The molecule has 7 heteroatoms. The Balaban J connectivity index is 1.75. The number of benzene rings is 1. The van der Waals surface area contributed by atoms with Gasteiger partial charge in [-0.05, 0) is 24.3 Å². The molecule has 2 aliphatic rings. The van der Waals surface area contributed by atoms with Crippen LogP contribution in [-0.2, 0) is 14.3 Å². The van der Waals surface area contributed by atoms with E-state index >= 15 is 0 Å². The minimum absolute atomic E-state index is 0.326. The third kappa shape index (κ3) is 2.35. The number of anilines is 1. The van der Waals surface area contributed by atoms with Gasteiger partial charge in [-0.2, -0.15) is 0 Å². The second-order valence-electron chi connectivity index (χ2n) is 5.27. The molecule has 0 saturated carbocycles. The van der Waals surface area contributed by atoms with Gasteiger partial charge in [-0.25, -0.2) is 0 Å². The zero-order chi connectivity index (χ0) is 15.9. The van der Waals surface area contributed by atoms with Crippen molar-refractivity contribution in [3.05, 3.63) is 42.0 Å². The van der Waals surface area contributed by atoms with Crippen LogP contribution in [0.2, 0.25) is 0 Å². The molecule has 1 aromatic carbocycles. The Bertz CT molecular complexity index is 667. The van der Waals surface area contributed by atoms with Crippen LogP contribution in [0, 0.1) is 11.8 Å². The quantitative estimate of drug-likeness (QED) is 0.695. The summed E-state index contributed by atoms with van der Waals surface area (Å²) in [5, 5.41) is 11.9. The molecule has 0 radical (unpaired) electrons. The molecule has 0 unspecified atom stereocenters. The topological polar surface area (TPSA) is 119 Å². The first-order chi connectivity index (χ1) is 10.5. The zero-order valence-corrected chi connectivity index (χ0v) is 11.4. The van der Waals surface area contributed by atoms with Crippen molar-refractivity contribution < 1.29 is 24.2 Å². The Kier molecular flexibility index (Phi) is 3.42. The smallest absolute Gasteiger partial charge is 0.310 e. The van der Waals surface area contributed by atoms with E-state index < -0.39 is 41.8 Å². The number of carboxylic acid groups (broad SMARTS) is 1. The summed E-state index contributed by atoms with van der Waals surface area (Å²) in [4.78, 5) is 34.7. The number of fused-ring (bicyclic) bond motifs is 2. The Labute approximate surface area is 125 Å². The molecular weight excluding hydrogens is 288 g/mol. The average Bonchev–Trinajstić information content (AvgIpc) is 3.08. The average molecular weight is 302 g/mol. The third-order valence-electron chi connectivity index (χ3n) is 3.92. The number of nitrogens with two attached hydrogens (primary N) is 1.